The van der Waals surface area contributed by atoms with Gasteiger partial charge in [0.1, 0.15) is 0 Å². The maximum Gasteiger partial charge on any atom is 0.265 e. The molecule has 4 rings (SSSR count). The van der Waals surface area contributed by atoms with Crippen LogP contribution in [0.15, 0.2) is 58.4 Å². The fourth-order valence-electron chi connectivity index (χ4n) is 2.36. The van der Waals surface area contributed by atoms with Crippen LogP contribution in [0.25, 0.3) is 22.2 Å². The first-order chi connectivity index (χ1) is 12.2. The fraction of sp³-hybridized carbons (Fsp3) is 0.0556. The van der Waals surface area contributed by atoms with Crippen molar-refractivity contribution in [2.24, 2.45) is 0 Å². The van der Waals surface area contributed by atoms with Crippen LogP contribution >= 0.6 is 22.7 Å². The Morgan fingerprint density at radius 1 is 1.12 bits per heavy atom. The van der Waals surface area contributed by atoms with Gasteiger partial charge in [0.15, 0.2) is 0 Å². The van der Waals surface area contributed by atoms with Crippen LogP contribution in [0.5, 0.6) is 0 Å². The van der Waals surface area contributed by atoms with Crippen LogP contribution in [0.1, 0.15) is 14.5 Å². The fourth-order valence-corrected chi connectivity index (χ4v) is 3.77. The molecule has 0 saturated carbocycles. The van der Waals surface area contributed by atoms with E-state index in [1.807, 2.05) is 54.8 Å². The molecule has 0 radical (unpaired) electrons. The van der Waals surface area contributed by atoms with Crippen molar-refractivity contribution in [3.63, 3.8) is 0 Å². The lowest BCUT2D eigenvalue weighted by atomic mass is 10.1. The third kappa shape index (κ3) is 3.24. The Bertz CT molecular complexity index is 1020. The van der Waals surface area contributed by atoms with Crippen molar-refractivity contribution in [2.45, 2.75) is 6.92 Å². The van der Waals surface area contributed by atoms with Crippen LogP contribution in [0.4, 0.5) is 5.69 Å². The summed E-state index contributed by atoms with van der Waals surface area (Å²) in [6, 6.07) is 15.0. The summed E-state index contributed by atoms with van der Waals surface area (Å²) >= 11 is 3.00. The van der Waals surface area contributed by atoms with Crippen molar-refractivity contribution in [1.82, 2.24) is 10.1 Å². The molecule has 4 aromatic rings. The van der Waals surface area contributed by atoms with Crippen LogP contribution in [0, 0.1) is 6.92 Å². The summed E-state index contributed by atoms with van der Waals surface area (Å²) in [6.45, 7) is 2.03. The van der Waals surface area contributed by atoms with E-state index < -0.39 is 0 Å². The maximum atomic E-state index is 12.3. The van der Waals surface area contributed by atoms with Crippen molar-refractivity contribution >= 4 is 34.3 Å². The summed E-state index contributed by atoms with van der Waals surface area (Å²) in [6.07, 6.45) is 0. The molecule has 0 aliphatic rings. The van der Waals surface area contributed by atoms with Crippen molar-refractivity contribution < 1.29 is 9.32 Å². The van der Waals surface area contributed by atoms with Gasteiger partial charge in [0.05, 0.1) is 21.0 Å². The molecule has 3 heterocycles. The first-order valence-corrected chi connectivity index (χ1v) is 9.25. The van der Waals surface area contributed by atoms with Crippen LogP contribution in [-0.2, 0) is 0 Å². The number of hydrogen-bond acceptors (Lipinski definition) is 6. The Hall–Kier alpha value is -2.77. The molecule has 1 amide bonds. The molecule has 1 aromatic carbocycles. The first-order valence-electron chi connectivity index (χ1n) is 7.55. The van der Waals surface area contributed by atoms with Crippen LogP contribution < -0.4 is 5.32 Å². The van der Waals surface area contributed by atoms with Crippen molar-refractivity contribution in [2.75, 3.05) is 5.32 Å². The Morgan fingerprint density at radius 2 is 2.00 bits per heavy atom. The quantitative estimate of drug-likeness (QED) is 0.546. The Morgan fingerprint density at radius 3 is 2.76 bits per heavy atom. The number of aromatic nitrogens is 2. The highest BCUT2D eigenvalue weighted by Gasteiger charge is 2.16. The second-order valence-electron chi connectivity index (χ2n) is 5.31. The normalized spacial score (nSPS) is 10.8. The van der Waals surface area contributed by atoms with Gasteiger partial charge in [-0.3, -0.25) is 4.79 Å². The van der Waals surface area contributed by atoms with E-state index in [1.165, 1.54) is 16.2 Å². The number of anilines is 1. The van der Waals surface area contributed by atoms with E-state index in [2.05, 4.69) is 15.5 Å². The highest BCUT2D eigenvalue weighted by atomic mass is 32.1. The molecule has 0 spiro atoms. The molecule has 0 fully saturated rings. The van der Waals surface area contributed by atoms with Gasteiger partial charge in [0.2, 0.25) is 5.82 Å². The molecule has 3 aromatic heterocycles. The lowest BCUT2D eigenvalue weighted by Crippen LogP contribution is -2.10. The Kier molecular flexibility index (Phi) is 4.17. The van der Waals surface area contributed by atoms with E-state index in [4.69, 9.17) is 4.52 Å². The summed E-state index contributed by atoms with van der Waals surface area (Å²) in [4.78, 5) is 19.6. The summed E-state index contributed by atoms with van der Waals surface area (Å²) < 4.78 is 5.42. The summed E-state index contributed by atoms with van der Waals surface area (Å²) in [5.41, 5.74) is 1.33. The average molecular weight is 367 g/mol. The van der Waals surface area contributed by atoms with Gasteiger partial charge >= 0.3 is 0 Å². The van der Waals surface area contributed by atoms with Gasteiger partial charge in [-0.25, -0.2) is 0 Å². The van der Waals surface area contributed by atoms with Crippen molar-refractivity contribution in [3.05, 3.63) is 63.7 Å². The molecule has 0 saturated heterocycles. The number of amides is 1. The molecule has 25 heavy (non-hydrogen) atoms. The molecular formula is C18H13N3O2S2. The SMILES string of the molecule is Cc1ccc(-c2noc(-c3ccccc3NC(=O)c3cccs3)n2)s1. The molecule has 0 unspecified atom stereocenters. The minimum atomic E-state index is -0.156. The number of aryl methyl sites for hydroxylation is 1. The van der Waals surface area contributed by atoms with Gasteiger partial charge in [-0.1, -0.05) is 23.4 Å². The monoisotopic (exact) mass is 367 g/mol. The largest absolute Gasteiger partial charge is 0.334 e. The van der Waals surface area contributed by atoms with Crippen LogP contribution in [-0.4, -0.2) is 16.0 Å². The number of thiophene rings is 2. The highest BCUT2D eigenvalue weighted by molar-refractivity contribution is 7.15. The number of rotatable bonds is 4. The second-order valence-corrected chi connectivity index (χ2v) is 7.55. The zero-order valence-electron chi connectivity index (χ0n) is 13.2. The number of nitrogens with zero attached hydrogens (tertiary/aromatic N) is 2. The summed E-state index contributed by atoms with van der Waals surface area (Å²) in [7, 11) is 0. The summed E-state index contributed by atoms with van der Waals surface area (Å²) in [5, 5.41) is 8.84. The number of carbonyl (C=O) groups is 1. The number of nitrogens with one attached hydrogen (secondary N) is 1. The van der Waals surface area contributed by atoms with Gasteiger partial charge in [-0.2, -0.15) is 4.98 Å². The number of benzene rings is 1. The van der Waals surface area contributed by atoms with Gasteiger partial charge in [-0.05, 0) is 42.6 Å². The van der Waals surface area contributed by atoms with E-state index in [9.17, 15) is 4.79 Å². The molecular weight excluding hydrogens is 354 g/mol. The summed E-state index contributed by atoms with van der Waals surface area (Å²) in [5.74, 6) is 0.770. The van der Waals surface area contributed by atoms with E-state index in [0.717, 1.165) is 4.88 Å². The standard InChI is InChI=1S/C18H13N3O2S2/c1-11-8-9-14(25-11)16-20-18(23-21-16)12-5-2-3-6-13(12)19-17(22)15-7-4-10-24-15/h2-10H,1H3,(H,19,22). The number of hydrogen-bond donors (Lipinski definition) is 1. The topological polar surface area (TPSA) is 68.0 Å². The van der Waals surface area contributed by atoms with Gasteiger partial charge < -0.3 is 9.84 Å². The molecule has 1 N–H and O–H groups in total. The lowest BCUT2D eigenvalue weighted by molar-refractivity contribution is 0.103. The van der Waals surface area contributed by atoms with Crippen LogP contribution in [0.2, 0.25) is 0 Å². The highest BCUT2D eigenvalue weighted by Crippen LogP contribution is 2.31. The Balaban J connectivity index is 1.65. The third-order valence-corrected chi connectivity index (χ3v) is 5.40. The molecule has 7 heteroatoms. The molecule has 0 aliphatic carbocycles. The predicted molar refractivity (Wildman–Crippen MR) is 100 cm³/mol. The lowest BCUT2D eigenvalue weighted by Gasteiger charge is -2.07. The van der Waals surface area contributed by atoms with Crippen LogP contribution in [0.3, 0.4) is 0 Å². The van der Waals surface area contributed by atoms with E-state index in [0.29, 0.717) is 27.8 Å². The molecule has 0 bridgehead atoms. The van der Waals surface area contributed by atoms with Gasteiger partial charge in [-0.15, -0.1) is 22.7 Å². The first kappa shape index (κ1) is 15.7. The average Bonchev–Trinajstić information content (AvgIpc) is 3.36. The van der Waals surface area contributed by atoms with Gasteiger partial charge in [0, 0.05) is 4.88 Å². The predicted octanol–water partition coefficient (Wildman–Crippen LogP) is 5.09. The minimum Gasteiger partial charge on any atom is -0.334 e. The minimum absolute atomic E-state index is 0.156. The molecule has 0 aliphatic heterocycles. The number of carbonyl (C=O) groups excluding carboxylic acids is 1. The maximum absolute atomic E-state index is 12.3. The van der Waals surface area contributed by atoms with Gasteiger partial charge in [0.25, 0.3) is 11.8 Å². The zero-order chi connectivity index (χ0) is 17.2. The Labute approximate surface area is 152 Å². The van der Waals surface area contributed by atoms with Crippen molar-refractivity contribution in [1.29, 1.82) is 0 Å². The van der Waals surface area contributed by atoms with Crippen molar-refractivity contribution in [3.8, 4) is 22.2 Å². The molecule has 0 atom stereocenters. The third-order valence-electron chi connectivity index (χ3n) is 3.54. The zero-order valence-corrected chi connectivity index (χ0v) is 14.9. The smallest absolute Gasteiger partial charge is 0.265 e. The molecule has 124 valence electrons. The second kappa shape index (κ2) is 6.62. The van der Waals surface area contributed by atoms with E-state index in [-0.39, 0.29) is 5.91 Å². The van der Waals surface area contributed by atoms with E-state index in [1.54, 1.807) is 17.4 Å². The van der Waals surface area contributed by atoms with E-state index >= 15 is 0 Å². The molecule has 5 nitrogen and oxygen atoms in total. The number of para-hydroxylation sites is 1.